The summed E-state index contributed by atoms with van der Waals surface area (Å²) in [5.41, 5.74) is 5.57. The number of nitrogens with zero attached hydrogens (tertiary/aromatic N) is 3. The van der Waals surface area contributed by atoms with Crippen LogP contribution in [0.4, 0.5) is 5.69 Å². The van der Waals surface area contributed by atoms with Gasteiger partial charge in [0, 0.05) is 11.1 Å². The largest absolute Gasteiger partial charge is 0.377 e. The summed E-state index contributed by atoms with van der Waals surface area (Å²) in [5, 5.41) is 21.6. The highest BCUT2D eigenvalue weighted by Crippen LogP contribution is 2.36. The van der Waals surface area contributed by atoms with E-state index in [1.165, 1.54) is 0 Å². The molecule has 2 N–H and O–H groups in total. The van der Waals surface area contributed by atoms with Crippen LogP contribution in [-0.4, -0.2) is 15.2 Å². The number of H-pyrrole nitrogens is 1. The summed E-state index contributed by atoms with van der Waals surface area (Å²) in [6, 6.07) is 8.41. The maximum Gasteiger partial charge on any atom is 0.147 e. The summed E-state index contributed by atoms with van der Waals surface area (Å²) < 4.78 is 1.02. The molecule has 0 bridgehead atoms. The van der Waals surface area contributed by atoms with Gasteiger partial charge in [-0.25, -0.2) is 4.98 Å². The lowest BCUT2D eigenvalue weighted by Crippen LogP contribution is -2.20. The van der Waals surface area contributed by atoms with Gasteiger partial charge in [0.15, 0.2) is 0 Å². The number of fused-ring (bicyclic) bond motifs is 2. The van der Waals surface area contributed by atoms with Gasteiger partial charge in [0.1, 0.15) is 14.9 Å². The summed E-state index contributed by atoms with van der Waals surface area (Å²) >= 11 is 8.50. The highest BCUT2D eigenvalue weighted by molar-refractivity contribution is 14.1. The normalized spacial score (nSPS) is 16.5. The van der Waals surface area contributed by atoms with Crippen LogP contribution in [0.2, 0.25) is 5.15 Å². The van der Waals surface area contributed by atoms with Gasteiger partial charge >= 0.3 is 0 Å². The predicted octanol–water partition coefficient (Wildman–Crippen LogP) is 4.89. The molecule has 0 radical (unpaired) electrons. The molecule has 1 aromatic carbocycles. The molecule has 3 aromatic rings. The molecule has 0 aliphatic heterocycles. The zero-order valence-electron chi connectivity index (χ0n) is 13.5. The first kappa shape index (κ1) is 16.6. The second-order valence-corrected chi connectivity index (χ2v) is 7.67. The average Bonchev–Trinajstić information content (AvgIpc) is 2.97. The lowest BCUT2D eigenvalue weighted by Gasteiger charge is -2.28. The Bertz CT molecular complexity index is 1020. The Labute approximate surface area is 163 Å². The minimum Gasteiger partial charge on any atom is -0.377 e. The number of benzene rings is 1. The molecule has 1 unspecified atom stereocenters. The highest BCUT2D eigenvalue weighted by atomic mass is 127. The minimum absolute atomic E-state index is 0.0923. The van der Waals surface area contributed by atoms with E-state index >= 15 is 0 Å². The summed E-state index contributed by atoms with van der Waals surface area (Å²) in [6.07, 6.45) is 2.99. The van der Waals surface area contributed by atoms with E-state index in [1.807, 2.05) is 19.1 Å². The van der Waals surface area contributed by atoms with Crippen molar-refractivity contribution < 1.29 is 0 Å². The van der Waals surface area contributed by atoms with Crippen molar-refractivity contribution in [1.82, 2.24) is 15.2 Å². The number of rotatable bonds is 2. The van der Waals surface area contributed by atoms with Gasteiger partial charge in [-0.3, -0.25) is 5.10 Å². The van der Waals surface area contributed by atoms with Crippen LogP contribution >= 0.6 is 34.2 Å². The van der Waals surface area contributed by atoms with Gasteiger partial charge in [0.25, 0.3) is 0 Å². The number of anilines is 1. The van der Waals surface area contributed by atoms with Gasteiger partial charge in [-0.15, -0.1) is 0 Å². The lowest BCUT2D eigenvalue weighted by atomic mass is 9.87. The molecule has 5 nitrogen and oxygen atoms in total. The topological polar surface area (TPSA) is 77.4 Å². The number of pyridine rings is 1. The Morgan fingerprint density at radius 1 is 1.44 bits per heavy atom. The molecule has 0 spiro atoms. The molecule has 0 saturated heterocycles. The van der Waals surface area contributed by atoms with Crippen LogP contribution in [0.1, 0.15) is 41.3 Å². The fourth-order valence-electron chi connectivity index (χ4n) is 3.49. The second kappa shape index (κ2) is 6.46. The summed E-state index contributed by atoms with van der Waals surface area (Å²) in [7, 11) is 0. The quantitative estimate of drug-likeness (QED) is 0.419. The number of halogens is 2. The van der Waals surface area contributed by atoms with Crippen LogP contribution in [0.25, 0.3) is 10.9 Å². The van der Waals surface area contributed by atoms with Crippen LogP contribution in [0.5, 0.6) is 0 Å². The third-order valence-electron chi connectivity index (χ3n) is 4.77. The van der Waals surface area contributed by atoms with E-state index in [1.54, 1.807) is 0 Å². The maximum absolute atomic E-state index is 9.31. The summed E-state index contributed by atoms with van der Waals surface area (Å²) in [5.74, 6) is 0. The van der Waals surface area contributed by atoms with Gasteiger partial charge in [0.2, 0.25) is 0 Å². The van der Waals surface area contributed by atoms with Crippen molar-refractivity contribution >= 4 is 50.8 Å². The van der Waals surface area contributed by atoms with E-state index in [9.17, 15) is 5.26 Å². The molecule has 1 aliphatic rings. The third kappa shape index (κ3) is 2.85. The zero-order valence-corrected chi connectivity index (χ0v) is 16.4. The Kier molecular flexibility index (Phi) is 4.29. The summed E-state index contributed by atoms with van der Waals surface area (Å²) in [6.45, 7) is 1.97. The fourth-order valence-corrected chi connectivity index (χ4v) is 4.32. The molecule has 0 amide bonds. The third-order valence-corrected chi connectivity index (χ3v) is 5.87. The number of nitrogens with one attached hydrogen (secondary N) is 2. The number of aromatic amines is 1. The van der Waals surface area contributed by atoms with Crippen LogP contribution in [0.15, 0.2) is 18.2 Å². The predicted molar refractivity (Wildman–Crippen MR) is 107 cm³/mol. The molecular weight excluding hydrogens is 449 g/mol. The van der Waals surface area contributed by atoms with E-state index in [-0.39, 0.29) is 6.04 Å². The van der Waals surface area contributed by atoms with Gasteiger partial charge in [0.05, 0.1) is 22.8 Å². The molecule has 2 aromatic heterocycles. The van der Waals surface area contributed by atoms with Gasteiger partial charge < -0.3 is 5.32 Å². The first-order valence-electron chi connectivity index (χ1n) is 8.07. The molecule has 0 saturated carbocycles. The molecule has 2 heterocycles. The van der Waals surface area contributed by atoms with Crippen molar-refractivity contribution in [2.45, 2.75) is 32.2 Å². The van der Waals surface area contributed by atoms with Gasteiger partial charge in [-0.05, 0) is 78.1 Å². The SMILES string of the molecule is Cc1c(C#N)c(Cl)nc2c1CCCC2Nc1ccc2n[nH]c(I)c2c1. The van der Waals surface area contributed by atoms with E-state index in [2.05, 4.69) is 55.2 Å². The van der Waals surface area contributed by atoms with Crippen molar-refractivity contribution in [1.29, 1.82) is 5.26 Å². The van der Waals surface area contributed by atoms with Crippen LogP contribution < -0.4 is 5.32 Å². The molecule has 126 valence electrons. The van der Waals surface area contributed by atoms with E-state index in [0.717, 1.165) is 56.4 Å². The first-order chi connectivity index (χ1) is 12.1. The number of nitriles is 1. The highest BCUT2D eigenvalue weighted by Gasteiger charge is 2.26. The van der Waals surface area contributed by atoms with Crippen LogP contribution in [0, 0.1) is 22.0 Å². The Hall–Kier alpha value is -1.85. The number of hydrogen-bond acceptors (Lipinski definition) is 4. The lowest BCUT2D eigenvalue weighted by molar-refractivity contribution is 0.581. The molecule has 1 atom stereocenters. The zero-order chi connectivity index (χ0) is 17.6. The Morgan fingerprint density at radius 2 is 2.28 bits per heavy atom. The Morgan fingerprint density at radius 3 is 3.08 bits per heavy atom. The van der Waals surface area contributed by atoms with Gasteiger partial charge in [-0.1, -0.05) is 11.6 Å². The monoisotopic (exact) mass is 463 g/mol. The molecule has 7 heteroatoms. The average molecular weight is 464 g/mol. The number of aromatic nitrogens is 3. The van der Waals surface area contributed by atoms with Crippen molar-refractivity contribution in [3.8, 4) is 6.07 Å². The molecule has 4 rings (SSSR count). The van der Waals surface area contributed by atoms with Crippen LogP contribution in [-0.2, 0) is 6.42 Å². The number of hydrogen-bond donors (Lipinski definition) is 2. The standard InChI is InChI=1S/C18H15ClIN5/c1-9-11-3-2-4-15(16(11)23-17(19)13(9)8-21)22-10-5-6-14-12(7-10)18(20)25-24-14/h5-7,15,22H,2-4H2,1H3,(H,24,25). The van der Waals surface area contributed by atoms with Crippen molar-refractivity contribution in [2.24, 2.45) is 0 Å². The Balaban J connectivity index is 1.73. The van der Waals surface area contributed by atoms with Crippen molar-refractivity contribution in [2.75, 3.05) is 5.32 Å². The molecule has 25 heavy (non-hydrogen) atoms. The van der Waals surface area contributed by atoms with E-state index in [0.29, 0.717) is 10.7 Å². The first-order valence-corrected chi connectivity index (χ1v) is 9.53. The van der Waals surface area contributed by atoms with E-state index in [4.69, 9.17) is 11.6 Å². The van der Waals surface area contributed by atoms with Gasteiger partial charge in [-0.2, -0.15) is 10.4 Å². The summed E-state index contributed by atoms with van der Waals surface area (Å²) in [4.78, 5) is 4.55. The molecule has 0 fully saturated rings. The van der Waals surface area contributed by atoms with Crippen LogP contribution in [0.3, 0.4) is 0 Å². The smallest absolute Gasteiger partial charge is 0.147 e. The maximum atomic E-state index is 9.31. The van der Waals surface area contributed by atoms with Crippen molar-refractivity contribution in [3.05, 3.63) is 49.4 Å². The molecular formula is C18H15ClIN5. The molecule has 1 aliphatic carbocycles. The van der Waals surface area contributed by atoms with Crippen molar-refractivity contribution in [3.63, 3.8) is 0 Å². The minimum atomic E-state index is 0.0923. The second-order valence-electron chi connectivity index (χ2n) is 6.24. The fraction of sp³-hybridized carbons (Fsp3) is 0.278. The van der Waals surface area contributed by atoms with E-state index < -0.39 is 0 Å².